The molecule has 0 amide bonds. The van der Waals surface area contributed by atoms with Crippen molar-refractivity contribution in [3.8, 4) is 17.2 Å². The molecule has 3 aliphatic rings. The van der Waals surface area contributed by atoms with Gasteiger partial charge in [0.05, 0.1) is 29.6 Å². The normalized spacial score (nSPS) is 19.7. The minimum atomic E-state index is -4.13. The van der Waals surface area contributed by atoms with Crippen molar-refractivity contribution in [3.63, 3.8) is 0 Å². The van der Waals surface area contributed by atoms with Crippen LogP contribution in [0.4, 0.5) is 14.5 Å². The number of rotatable bonds is 14. The largest absolute Gasteiger partial charge is 0.490 e. The van der Waals surface area contributed by atoms with Crippen molar-refractivity contribution >= 4 is 56.6 Å². The molecule has 2 aromatic rings. The maximum absolute atomic E-state index is 13.9. The molecule has 5 rings (SSSR count). The summed E-state index contributed by atoms with van der Waals surface area (Å²) in [6, 6.07) is 7.73. The topological polar surface area (TPSA) is 94.6 Å². The van der Waals surface area contributed by atoms with Gasteiger partial charge in [-0.1, -0.05) is 48.0 Å². The average Bonchev–Trinajstić information content (AvgIpc) is 3.76. The highest BCUT2D eigenvalue weighted by atomic mass is 35.5. The van der Waals surface area contributed by atoms with Gasteiger partial charge in [0.25, 0.3) is 0 Å². The summed E-state index contributed by atoms with van der Waals surface area (Å²) in [6.07, 6.45) is 3.83. The number of halogens is 4. The van der Waals surface area contributed by atoms with Crippen LogP contribution in [0.1, 0.15) is 37.9 Å². The number of sulfonamides is 1. The first-order chi connectivity index (χ1) is 22.9. The summed E-state index contributed by atoms with van der Waals surface area (Å²) in [4.78, 5) is 15.9. The van der Waals surface area contributed by atoms with E-state index in [2.05, 4.69) is 6.58 Å². The molecule has 9 nitrogen and oxygen atoms in total. The van der Waals surface area contributed by atoms with Crippen molar-refractivity contribution in [2.45, 2.75) is 49.8 Å². The molecule has 2 aliphatic heterocycles. The van der Waals surface area contributed by atoms with Gasteiger partial charge in [0.15, 0.2) is 11.5 Å². The molecule has 15 heteroatoms. The number of fused-ring (bicyclic) bond motifs is 1. The number of nitrogens with zero attached hydrogens (tertiary/aromatic N) is 2. The lowest BCUT2D eigenvalue weighted by Crippen LogP contribution is -2.43. The number of anilines is 1. The van der Waals surface area contributed by atoms with Gasteiger partial charge >= 0.3 is 12.6 Å². The third-order valence-corrected chi connectivity index (χ3v) is 12.0. The van der Waals surface area contributed by atoms with Gasteiger partial charge in [-0.3, -0.25) is 4.79 Å². The number of allylic oxidation sites excluding steroid dienone is 4. The van der Waals surface area contributed by atoms with E-state index >= 15 is 0 Å². The summed E-state index contributed by atoms with van der Waals surface area (Å²) in [5, 5.41) is 0.495. The first kappa shape index (κ1) is 36.3. The van der Waals surface area contributed by atoms with Crippen LogP contribution in [0.5, 0.6) is 17.2 Å². The zero-order valence-corrected chi connectivity index (χ0v) is 29.5. The van der Waals surface area contributed by atoms with Crippen molar-refractivity contribution in [1.82, 2.24) is 4.31 Å². The molecular formula is C33H36Cl2F2N2O7S2. The monoisotopic (exact) mass is 744 g/mol. The van der Waals surface area contributed by atoms with E-state index in [0.717, 1.165) is 17.1 Å². The van der Waals surface area contributed by atoms with Crippen LogP contribution in [0.25, 0.3) is 0 Å². The Morgan fingerprint density at radius 1 is 1.19 bits per heavy atom. The van der Waals surface area contributed by atoms with Crippen LogP contribution in [-0.2, 0) is 19.6 Å². The lowest BCUT2D eigenvalue weighted by Gasteiger charge is -2.29. The van der Waals surface area contributed by atoms with Gasteiger partial charge in [0, 0.05) is 29.3 Å². The van der Waals surface area contributed by atoms with E-state index in [4.69, 9.17) is 42.1 Å². The second-order valence-electron chi connectivity index (χ2n) is 11.4. The smallest absolute Gasteiger partial charge is 0.387 e. The van der Waals surface area contributed by atoms with Crippen LogP contribution in [0.15, 0.2) is 75.7 Å². The third-order valence-electron chi connectivity index (χ3n) is 8.13. The van der Waals surface area contributed by atoms with Gasteiger partial charge < -0.3 is 23.8 Å². The fraction of sp³-hybridized carbons (Fsp3) is 0.424. The fourth-order valence-corrected chi connectivity index (χ4v) is 8.79. The van der Waals surface area contributed by atoms with E-state index in [1.165, 1.54) is 48.2 Å². The molecule has 1 saturated carbocycles. The van der Waals surface area contributed by atoms with Gasteiger partial charge in [-0.2, -0.15) is 13.1 Å². The van der Waals surface area contributed by atoms with Crippen LogP contribution in [0.3, 0.4) is 0 Å². The summed E-state index contributed by atoms with van der Waals surface area (Å²) >= 11 is 14.3. The van der Waals surface area contributed by atoms with E-state index in [0.29, 0.717) is 48.2 Å². The molecule has 1 saturated heterocycles. The standard InChI is InChI=1S/C33H36Cl2F2N2O7S2/c1-4-24(34)23(25(35)5-2)16-30(21-8-10-29(46-33(36)37)31(14-21)44-17-20-6-7-20)45-32(40)27-18-47-19-39(27)48(41,42)22-9-11-28-26(15-22)38(3)12-13-43-28/h4-5,8-11,14-15,20,27,30,33H,1,6-7,12-13,16-19H2,2-3H3/b24-23+,25-5+/t27-,30-/m0/s1. The first-order valence-corrected chi connectivity index (χ1v) is 18.6. The number of esters is 1. The Hall–Kier alpha value is -2.97. The lowest BCUT2D eigenvalue weighted by molar-refractivity contribution is -0.152. The second-order valence-corrected chi connectivity index (χ2v) is 15.1. The van der Waals surface area contributed by atoms with Gasteiger partial charge in [0.2, 0.25) is 10.0 Å². The molecule has 0 aromatic heterocycles. The molecule has 2 aromatic carbocycles. The Morgan fingerprint density at radius 3 is 2.65 bits per heavy atom. The molecule has 2 atom stereocenters. The van der Waals surface area contributed by atoms with E-state index in [1.807, 2.05) is 11.9 Å². The van der Waals surface area contributed by atoms with E-state index in [-0.39, 0.29) is 44.5 Å². The summed E-state index contributed by atoms with van der Waals surface area (Å²) in [5.41, 5.74) is 1.42. The Morgan fingerprint density at radius 2 is 1.96 bits per heavy atom. The first-order valence-electron chi connectivity index (χ1n) is 15.3. The average molecular weight is 746 g/mol. The third kappa shape index (κ3) is 8.42. The maximum Gasteiger partial charge on any atom is 0.387 e. The van der Waals surface area contributed by atoms with Gasteiger partial charge in [-0.05, 0) is 67.2 Å². The zero-order chi connectivity index (χ0) is 34.6. The van der Waals surface area contributed by atoms with Crippen molar-refractivity contribution < 1.29 is 40.9 Å². The number of ether oxygens (including phenoxy) is 4. The number of hydrogen-bond donors (Lipinski definition) is 0. The molecule has 1 aliphatic carbocycles. The molecule has 260 valence electrons. The SMILES string of the molecule is C=C/C(Cl)=C(C[C@H](OC(=O)[C@@H]1CSCN1S(=O)(=O)c1ccc2c(c1)N(C)CCO2)c1ccc(OC(F)F)c(OCC2CC2)c1)\C(Cl)=C/C. The van der Waals surface area contributed by atoms with Crippen molar-refractivity contribution in [2.24, 2.45) is 5.92 Å². The number of hydrogen-bond acceptors (Lipinski definition) is 9. The highest BCUT2D eigenvalue weighted by Crippen LogP contribution is 2.41. The lowest BCUT2D eigenvalue weighted by atomic mass is 9.99. The summed E-state index contributed by atoms with van der Waals surface area (Å²) < 4.78 is 77.8. The number of carbonyl (C=O) groups excluding carboxylic acids is 1. The minimum absolute atomic E-state index is 0.0189. The molecule has 0 spiro atoms. The predicted molar refractivity (Wildman–Crippen MR) is 183 cm³/mol. The Kier molecular flexibility index (Phi) is 11.9. The van der Waals surface area contributed by atoms with Crippen LogP contribution >= 0.6 is 35.0 Å². The Balaban J connectivity index is 1.47. The number of thioether (sulfide) groups is 1. The molecule has 2 heterocycles. The Bertz CT molecular complexity index is 1700. The Labute approximate surface area is 293 Å². The highest BCUT2D eigenvalue weighted by Gasteiger charge is 2.42. The summed E-state index contributed by atoms with van der Waals surface area (Å²) in [7, 11) is -2.29. The van der Waals surface area contributed by atoms with E-state index < -0.39 is 34.7 Å². The highest BCUT2D eigenvalue weighted by molar-refractivity contribution is 8.00. The minimum Gasteiger partial charge on any atom is -0.490 e. The van der Waals surface area contributed by atoms with Crippen molar-refractivity contribution in [1.29, 1.82) is 0 Å². The number of benzene rings is 2. The molecule has 0 radical (unpaired) electrons. The van der Waals surface area contributed by atoms with Gasteiger partial charge in [-0.25, -0.2) is 8.42 Å². The van der Waals surface area contributed by atoms with Crippen molar-refractivity contribution in [2.75, 3.05) is 43.3 Å². The van der Waals surface area contributed by atoms with Crippen molar-refractivity contribution in [3.05, 3.63) is 76.3 Å². The molecule has 2 fully saturated rings. The van der Waals surface area contributed by atoms with Crippen LogP contribution in [-0.4, -0.2) is 69.8 Å². The van der Waals surface area contributed by atoms with Crippen LogP contribution in [0.2, 0.25) is 0 Å². The second kappa shape index (κ2) is 15.7. The number of alkyl halides is 2. The zero-order valence-electron chi connectivity index (χ0n) is 26.4. The molecule has 0 bridgehead atoms. The quantitative estimate of drug-likeness (QED) is 0.144. The summed E-state index contributed by atoms with van der Waals surface area (Å²) in [5.74, 6) is 0.160. The molecule has 48 heavy (non-hydrogen) atoms. The van der Waals surface area contributed by atoms with Gasteiger partial charge in [0.1, 0.15) is 24.5 Å². The number of likely N-dealkylation sites (N-methyl/N-ethyl adjacent to an activating group) is 1. The van der Waals surface area contributed by atoms with E-state index in [9.17, 15) is 22.0 Å². The molecule has 0 N–H and O–H groups in total. The fourth-order valence-electron chi connectivity index (χ4n) is 5.24. The predicted octanol–water partition coefficient (Wildman–Crippen LogP) is 7.47. The number of carbonyl (C=O) groups is 1. The molecule has 0 unspecified atom stereocenters. The maximum atomic E-state index is 13.9. The van der Waals surface area contributed by atoms with Gasteiger partial charge in [-0.15, -0.1) is 11.8 Å². The molecular weight excluding hydrogens is 709 g/mol. The van der Waals surface area contributed by atoms with E-state index in [1.54, 1.807) is 19.1 Å². The van der Waals surface area contributed by atoms with Crippen LogP contribution in [0, 0.1) is 5.92 Å². The van der Waals surface area contributed by atoms with Crippen LogP contribution < -0.4 is 19.1 Å². The summed E-state index contributed by atoms with van der Waals surface area (Å²) in [6.45, 7) is 3.73.